The molecule has 0 radical (unpaired) electrons. The van der Waals surface area contributed by atoms with Gasteiger partial charge in [-0.25, -0.2) is 8.78 Å². The van der Waals surface area contributed by atoms with Crippen molar-refractivity contribution in [3.63, 3.8) is 0 Å². The molecule has 2 rings (SSSR count). The molecule has 0 saturated carbocycles. The van der Waals surface area contributed by atoms with Gasteiger partial charge in [-0.2, -0.15) is 0 Å². The average molecular weight is 296 g/mol. The highest BCUT2D eigenvalue weighted by Gasteiger charge is 2.15. The molecule has 0 amide bonds. The van der Waals surface area contributed by atoms with Crippen molar-refractivity contribution in [3.8, 4) is 0 Å². The van der Waals surface area contributed by atoms with Crippen molar-refractivity contribution in [2.24, 2.45) is 0 Å². The van der Waals surface area contributed by atoms with Crippen molar-refractivity contribution in [1.29, 1.82) is 0 Å². The number of carbonyl (C=O) groups excluding carboxylic acids is 1. The summed E-state index contributed by atoms with van der Waals surface area (Å²) in [7, 11) is 1.57. The fraction of sp³-hybridized carbons (Fsp3) is 0.133. The SMILES string of the molecule is CN(Cc1cccc(Cl)c1)c1c(F)cc(C=O)cc1F. The standard InChI is InChI=1S/C15H12ClF2NO/c1-19(8-10-3-2-4-12(16)5-10)15-13(17)6-11(9-20)7-14(15)18/h2-7,9H,8H2,1H3. The summed E-state index contributed by atoms with van der Waals surface area (Å²) in [5.74, 6) is -1.53. The Morgan fingerprint density at radius 1 is 1.20 bits per heavy atom. The molecular formula is C15H12ClF2NO. The van der Waals surface area contributed by atoms with Gasteiger partial charge in [-0.3, -0.25) is 4.79 Å². The van der Waals surface area contributed by atoms with Crippen LogP contribution in [0.3, 0.4) is 0 Å². The molecule has 0 aliphatic carbocycles. The van der Waals surface area contributed by atoms with E-state index in [1.165, 1.54) is 4.90 Å². The number of nitrogens with zero attached hydrogens (tertiary/aromatic N) is 1. The number of rotatable bonds is 4. The van der Waals surface area contributed by atoms with E-state index in [1.54, 1.807) is 25.2 Å². The first-order chi connectivity index (χ1) is 9.51. The predicted molar refractivity (Wildman–Crippen MR) is 75.3 cm³/mol. The van der Waals surface area contributed by atoms with E-state index in [2.05, 4.69) is 0 Å². The molecule has 2 nitrogen and oxygen atoms in total. The molecular weight excluding hydrogens is 284 g/mol. The third kappa shape index (κ3) is 3.14. The minimum atomic E-state index is -0.767. The third-order valence-corrected chi connectivity index (χ3v) is 3.10. The summed E-state index contributed by atoms with van der Waals surface area (Å²) >= 11 is 5.87. The smallest absolute Gasteiger partial charge is 0.150 e. The van der Waals surface area contributed by atoms with Crippen LogP contribution in [0.4, 0.5) is 14.5 Å². The van der Waals surface area contributed by atoms with Crippen LogP contribution in [0.1, 0.15) is 15.9 Å². The van der Waals surface area contributed by atoms with E-state index in [9.17, 15) is 13.6 Å². The van der Waals surface area contributed by atoms with Gasteiger partial charge in [0.25, 0.3) is 0 Å². The van der Waals surface area contributed by atoms with E-state index in [0.29, 0.717) is 17.9 Å². The molecule has 0 spiro atoms. The van der Waals surface area contributed by atoms with Gasteiger partial charge in [-0.1, -0.05) is 23.7 Å². The Morgan fingerprint density at radius 2 is 1.85 bits per heavy atom. The van der Waals surface area contributed by atoms with E-state index < -0.39 is 11.6 Å². The largest absolute Gasteiger partial charge is 0.366 e. The number of benzene rings is 2. The molecule has 0 aliphatic rings. The zero-order valence-electron chi connectivity index (χ0n) is 10.7. The molecule has 0 aromatic heterocycles. The first-order valence-electron chi connectivity index (χ1n) is 5.91. The summed E-state index contributed by atoms with van der Waals surface area (Å²) in [5, 5.41) is 0.563. The first kappa shape index (κ1) is 14.5. The Labute approximate surface area is 120 Å². The molecule has 104 valence electrons. The van der Waals surface area contributed by atoms with Gasteiger partial charge in [0.15, 0.2) is 0 Å². The maximum Gasteiger partial charge on any atom is 0.150 e. The first-order valence-corrected chi connectivity index (χ1v) is 6.29. The second-order valence-electron chi connectivity index (χ2n) is 4.44. The minimum absolute atomic E-state index is 0.0279. The van der Waals surface area contributed by atoms with Gasteiger partial charge in [0.1, 0.15) is 23.6 Å². The Bertz CT molecular complexity index is 623. The maximum atomic E-state index is 13.9. The van der Waals surface area contributed by atoms with Gasteiger partial charge in [0.05, 0.1) is 0 Å². The molecule has 0 aliphatic heterocycles. The Kier molecular flexibility index (Phi) is 4.35. The van der Waals surface area contributed by atoms with Crippen LogP contribution < -0.4 is 4.90 Å². The number of anilines is 1. The van der Waals surface area contributed by atoms with Crippen molar-refractivity contribution in [3.05, 3.63) is 64.2 Å². The minimum Gasteiger partial charge on any atom is -0.366 e. The van der Waals surface area contributed by atoms with Gasteiger partial charge in [-0.15, -0.1) is 0 Å². The molecule has 0 heterocycles. The van der Waals surface area contributed by atoms with Gasteiger partial charge in [0, 0.05) is 24.2 Å². The van der Waals surface area contributed by atoms with E-state index >= 15 is 0 Å². The average Bonchev–Trinajstić information content (AvgIpc) is 2.37. The number of hydrogen-bond donors (Lipinski definition) is 0. The lowest BCUT2D eigenvalue weighted by molar-refractivity contribution is 0.112. The van der Waals surface area contributed by atoms with Crippen molar-refractivity contribution < 1.29 is 13.6 Å². The summed E-state index contributed by atoms with van der Waals surface area (Å²) in [6, 6.07) is 9.07. The van der Waals surface area contributed by atoms with E-state index in [0.717, 1.165) is 17.7 Å². The maximum absolute atomic E-state index is 13.9. The van der Waals surface area contributed by atoms with Crippen molar-refractivity contribution in [2.75, 3.05) is 11.9 Å². The van der Waals surface area contributed by atoms with Crippen LogP contribution >= 0.6 is 11.6 Å². The molecule has 2 aromatic rings. The van der Waals surface area contributed by atoms with Crippen LogP contribution in [0.5, 0.6) is 0 Å². The lowest BCUT2D eigenvalue weighted by atomic mass is 10.1. The van der Waals surface area contributed by atoms with E-state index in [1.807, 2.05) is 6.07 Å². The summed E-state index contributed by atoms with van der Waals surface area (Å²) in [4.78, 5) is 12.0. The summed E-state index contributed by atoms with van der Waals surface area (Å²) < 4.78 is 27.7. The van der Waals surface area contributed by atoms with Crippen LogP contribution in [-0.4, -0.2) is 13.3 Å². The molecule has 0 N–H and O–H groups in total. The number of hydrogen-bond acceptors (Lipinski definition) is 2. The number of halogens is 3. The second kappa shape index (κ2) is 6.01. The molecule has 0 unspecified atom stereocenters. The molecule has 0 saturated heterocycles. The molecule has 20 heavy (non-hydrogen) atoms. The highest BCUT2D eigenvalue weighted by atomic mass is 35.5. The third-order valence-electron chi connectivity index (χ3n) is 2.87. The van der Waals surface area contributed by atoms with Gasteiger partial charge >= 0.3 is 0 Å². The monoisotopic (exact) mass is 295 g/mol. The van der Waals surface area contributed by atoms with Crippen LogP contribution in [-0.2, 0) is 6.54 Å². The van der Waals surface area contributed by atoms with Crippen LogP contribution in [0.15, 0.2) is 36.4 Å². The Hall–Kier alpha value is -1.94. The highest BCUT2D eigenvalue weighted by Crippen LogP contribution is 2.25. The van der Waals surface area contributed by atoms with E-state index in [4.69, 9.17) is 11.6 Å². The topological polar surface area (TPSA) is 20.3 Å². The highest BCUT2D eigenvalue weighted by molar-refractivity contribution is 6.30. The van der Waals surface area contributed by atoms with E-state index in [-0.39, 0.29) is 11.3 Å². The van der Waals surface area contributed by atoms with Crippen molar-refractivity contribution >= 4 is 23.6 Å². The summed E-state index contributed by atoms with van der Waals surface area (Å²) in [6.07, 6.45) is 0.410. The quantitative estimate of drug-likeness (QED) is 0.793. The van der Waals surface area contributed by atoms with Crippen LogP contribution in [0.25, 0.3) is 0 Å². The predicted octanol–water partition coefficient (Wildman–Crippen LogP) is 4.07. The lowest BCUT2D eigenvalue weighted by Crippen LogP contribution is -2.19. The van der Waals surface area contributed by atoms with Crippen molar-refractivity contribution in [1.82, 2.24) is 0 Å². The summed E-state index contributed by atoms with van der Waals surface area (Å²) in [6.45, 7) is 0.300. The van der Waals surface area contributed by atoms with Crippen LogP contribution in [0.2, 0.25) is 5.02 Å². The lowest BCUT2D eigenvalue weighted by Gasteiger charge is -2.21. The molecule has 0 atom stereocenters. The van der Waals surface area contributed by atoms with Crippen LogP contribution in [0, 0.1) is 11.6 Å². The Morgan fingerprint density at radius 3 is 2.40 bits per heavy atom. The zero-order chi connectivity index (χ0) is 14.7. The number of aldehydes is 1. The van der Waals surface area contributed by atoms with Gasteiger partial charge in [-0.05, 0) is 29.8 Å². The fourth-order valence-electron chi connectivity index (χ4n) is 2.01. The normalized spacial score (nSPS) is 10.4. The number of carbonyl (C=O) groups is 1. The zero-order valence-corrected chi connectivity index (χ0v) is 11.5. The molecule has 0 bridgehead atoms. The molecule has 2 aromatic carbocycles. The van der Waals surface area contributed by atoms with Crippen molar-refractivity contribution in [2.45, 2.75) is 6.54 Å². The van der Waals surface area contributed by atoms with Gasteiger partial charge in [0.2, 0.25) is 0 Å². The molecule has 0 fully saturated rings. The second-order valence-corrected chi connectivity index (χ2v) is 4.87. The van der Waals surface area contributed by atoms with Gasteiger partial charge < -0.3 is 4.90 Å². The fourth-order valence-corrected chi connectivity index (χ4v) is 2.22. The molecule has 5 heteroatoms. The summed E-state index contributed by atoms with van der Waals surface area (Å²) in [5.41, 5.74) is 0.633. The Balaban J connectivity index is 2.29.